The van der Waals surface area contributed by atoms with E-state index in [0.717, 1.165) is 26.3 Å². The minimum Gasteiger partial charge on any atom is -0.459 e. The van der Waals surface area contributed by atoms with E-state index >= 15 is 0 Å². The summed E-state index contributed by atoms with van der Waals surface area (Å²) >= 11 is 5.15. The molecule has 18 heavy (non-hydrogen) atoms. The number of ether oxygens (including phenoxy) is 1. The maximum absolute atomic E-state index is 5.42. The summed E-state index contributed by atoms with van der Waals surface area (Å²) in [5.74, 6) is 1.00. The highest BCUT2D eigenvalue weighted by molar-refractivity contribution is 7.71. The topological polar surface area (TPSA) is 56.6 Å². The van der Waals surface area contributed by atoms with Gasteiger partial charge in [-0.1, -0.05) is 0 Å². The Kier molecular flexibility index (Phi) is 3.26. The molecule has 2 aromatic heterocycles. The van der Waals surface area contributed by atoms with Gasteiger partial charge in [0.25, 0.3) is 10.7 Å². The van der Waals surface area contributed by atoms with E-state index in [9.17, 15) is 0 Å². The van der Waals surface area contributed by atoms with Gasteiger partial charge in [-0.15, -0.1) is 5.10 Å². The van der Waals surface area contributed by atoms with Crippen molar-refractivity contribution in [1.82, 2.24) is 14.7 Å². The molecule has 7 heteroatoms. The summed E-state index contributed by atoms with van der Waals surface area (Å²) in [6.45, 7) is 3.87. The lowest BCUT2D eigenvalue weighted by molar-refractivity contribution is 0.0206. The smallest absolute Gasteiger partial charge is 0.288 e. The molecule has 1 aliphatic rings. The Labute approximate surface area is 109 Å². The van der Waals surface area contributed by atoms with Crippen LogP contribution in [0.15, 0.2) is 27.2 Å². The van der Waals surface area contributed by atoms with Crippen LogP contribution in [0.4, 0.5) is 0 Å². The highest BCUT2D eigenvalue weighted by Gasteiger charge is 2.15. The van der Waals surface area contributed by atoms with Gasteiger partial charge >= 0.3 is 0 Å². The van der Waals surface area contributed by atoms with Crippen LogP contribution in [-0.4, -0.2) is 41.0 Å². The lowest BCUT2D eigenvalue weighted by Crippen LogP contribution is -2.37. The molecule has 2 aromatic rings. The Hall–Kier alpha value is -1.44. The van der Waals surface area contributed by atoms with Gasteiger partial charge in [-0.3, -0.25) is 4.90 Å². The molecule has 0 aliphatic carbocycles. The third-order valence-electron chi connectivity index (χ3n) is 2.78. The van der Waals surface area contributed by atoms with Crippen LogP contribution in [0.5, 0.6) is 0 Å². The summed E-state index contributed by atoms with van der Waals surface area (Å²) in [6, 6.07) is 3.58. The fourth-order valence-corrected chi connectivity index (χ4v) is 2.00. The van der Waals surface area contributed by atoms with Crippen molar-refractivity contribution in [2.45, 2.75) is 6.67 Å². The van der Waals surface area contributed by atoms with Crippen molar-refractivity contribution in [3.8, 4) is 11.7 Å². The third-order valence-corrected chi connectivity index (χ3v) is 3.07. The van der Waals surface area contributed by atoms with E-state index in [1.165, 1.54) is 0 Å². The van der Waals surface area contributed by atoms with Crippen molar-refractivity contribution in [3.05, 3.63) is 23.2 Å². The number of hydrogen-bond donors (Lipinski definition) is 0. The first kappa shape index (κ1) is 11.6. The number of rotatable bonds is 3. The van der Waals surface area contributed by atoms with Crippen molar-refractivity contribution in [2.75, 3.05) is 26.3 Å². The first-order chi connectivity index (χ1) is 8.83. The molecular formula is C11H13N3O3S. The molecule has 0 saturated carbocycles. The molecule has 3 heterocycles. The average Bonchev–Trinajstić information content (AvgIpc) is 3.01. The van der Waals surface area contributed by atoms with Crippen molar-refractivity contribution in [3.63, 3.8) is 0 Å². The second-order valence-electron chi connectivity index (χ2n) is 4.02. The van der Waals surface area contributed by atoms with Gasteiger partial charge in [0.1, 0.15) is 0 Å². The van der Waals surface area contributed by atoms with Gasteiger partial charge < -0.3 is 13.6 Å². The number of aromatic nitrogens is 2. The van der Waals surface area contributed by atoms with Crippen molar-refractivity contribution >= 4 is 12.2 Å². The van der Waals surface area contributed by atoms with E-state index in [1.807, 2.05) is 0 Å². The Balaban J connectivity index is 1.78. The van der Waals surface area contributed by atoms with Crippen LogP contribution in [0, 0.1) is 4.84 Å². The van der Waals surface area contributed by atoms with Gasteiger partial charge in [0.15, 0.2) is 5.76 Å². The molecule has 0 spiro atoms. The van der Waals surface area contributed by atoms with Crippen LogP contribution in [-0.2, 0) is 11.4 Å². The van der Waals surface area contributed by atoms with Crippen LogP contribution in [0.25, 0.3) is 11.7 Å². The number of nitrogens with zero attached hydrogens (tertiary/aromatic N) is 3. The van der Waals surface area contributed by atoms with Gasteiger partial charge in [0.05, 0.1) is 26.1 Å². The second-order valence-corrected chi connectivity index (χ2v) is 4.37. The van der Waals surface area contributed by atoms with Crippen LogP contribution in [0.1, 0.15) is 0 Å². The molecule has 1 saturated heterocycles. The fourth-order valence-electron chi connectivity index (χ4n) is 1.83. The fraction of sp³-hybridized carbons (Fsp3) is 0.455. The van der Waals surface area contributed by atoms with Crippen molar-refractivity contribution in [1.29, 1.82) is 0 Å². The monoisotopic (exact) mass is 267 g/mol. The van der Waals surface area contributed by atoms with Gasteiger partial charge in [0, 0.05) is 13.1 Å². The maximum atomic E-state index is 5.42. The van der Waals surface area contributed by atoms with Crippen LogP contribution in [0.3, 0.4) is 0 Å². The van der Waals surface area contributed by atoms with Crippen LogP contribution >= 0.6 is 12.2 Å². The van der Waals surface area contributed by atoms with Gasteiger partial charge in [-0.25, -0.2) is 4.68 Å². The third kappa shape index (κ3) is 2.38. The first-order valence-electron chi connectivity index (χ1n) is 5.75. The Morgan fingerprint density at radius 1 is 1.33 bits per heavy atom. The first-order valence-corrected chi connectivity index (χ1v) is 6.16. The van der Waals surface area contributed by atoms with Gasteiger partial charge in [-0.05, 0) is 24.4 Å². The van der Waals surface area contributed by atoms with Crippen LogP contribution in [0.2, 0.25) is 0 Å². The molecule has 0 atom stereocenters. The molecule has 0 radical (unpaired) electrons. The van der Waals surface area contributed by atoms with E-state index < -0.39 is 0 Å². The van der Waals surface area contributed by atoms with E-state index in [4.69, 9.17) is 25.8 Å². The standard InChI is InChI=1S/C11H13N3O3S/c18-11-14(8-13-3-6-15-7-4-13)12-10(17-11)9-2-1-5-16-9/h1-2,5H,3-4,6-8H2. The summed E-state index contributed by atoms with van der Waals surface area (Å²) in [7, 11) is 0. The summed E-state index contributed by atoms with van der Waals surface area (Å²) in [5, 5.41) is 4.32. The van der Waals surface area contributed by atoms with Crippen molar-refractivity contribution in [2.24, 2.45) is 0 Å². The lowest BCUT2D eigenvalue weighted by Gasteiger charge is -2.25. The van der Waals surface area contributed by atoms with Gasteiger partial charge in [-0.2, -0.15) is 0 Å². The minimum absolute atomic E-state index is 0.355. The largest absolute Gasteiger partial charge is 0.459 e. The predicted molar refractivity (Wildman–Crippen MR) is 65.4 cm³/mol. The zero-order valence-electron chi connectivity index (χ0n) is 9.74. The summed E-state index contributed by atoms with van der Waals surface area (Å²) < 4.78 is 17.6. The van der Waals surface area contributed by atoms with E-state index in [1.54, 1.807) is 23.1 Å². The molecule has 0 bridgehead atoms. The SMILES string of the molecule is S=c1oc(-c2ccco2)nn1CN1CCOCC1. The summed E-state index contributed by atoms with van der Waals surface area (Å²) in [4.78, 5) is 2.57. The quantitative estimate of drug-likeness (QED) is 0.790. The Morgan fingerprint density at radius 2 is 2.17 bits per heavy atom. The van der Waals surface area contributed by atoms with Crippen molar-refractivity contribution < 1.29 is 13.6 Å². The summed E-state index contributed by atoms with van der Waals surface area (Å²) in [6.07, 6.45) is 1.58. The summed E-state index contributed by atoms with van der Waals surface area (Å²) in [5.41, 5.74) is 0. The zero-order valence-corrected chi connectivity index (χ0v) is 10.6. The minimum atomic E-state index is 0.355. The van der Waals surface area contributed by atoms with E-state index in [-0.39, 0.29) is 0 Å². The average molecular weight is 267 g/mol. The molecule has 1 aliphatic heterocycles. The van der Waals surface area contributed by atoms with E-state index in [2.05, 4.69) is 10.00 Å². The van der Waals surface area contributed by atoms with E-state index in [0.29, 0.717) is 23.2 Å². The highest BCUT2D eigenvalue weighted by atomic mass is 32.1. The normalized spacial score (nSPS) is 17.1. The number of furan rings is 1. The molecule has 1 fully saturated rings. The molecule has 0 aromatic carbocycles. The molecule has 0 amide bonds. The number of morpholine rings is 1. The Bertz CT molecular complexity index is 554. The predicted octanol–water partition coefficient (Wildman–Crippen LogP) is 1.76. The lowest BCUT2D eigenvalue weighted by atomic mass is 10.4. The molecule has 0 unspecified atom stereocenters. The molecular weight excluding hydrogens is 254 g/mol. The zero-order chi connectivity index (χ0) is 12.4. The second kappa shape index (κ2) is 5.05. The highest BCUT2D eigenvalue weighted by Crippen LogP contribution is 2.18. The molecule has 96 valence electrons. The molecule has 6 nitrogen and oxygen atoms in total. The molecule has 0 N–H and O–H groups in total. The Morgan fingerprint density at radius 3 is 2.89 bits per heavy atom. The van der Waals surface area contributed by atoms with Crippen LogP contribution < -0.4 is 0 Å². The van der Waals surface area contributed by atoms with Gasteiger partial charge in [0.2, 0.25) is 0 Å². The maximum Gasteiger partial charge on any atom is 0.288 e. The molecule has 3 rings (SSSR count). The number of hydrogen-bond acceptors (Lipinski definition) is 6.